The fourth-order valence-corrected chi connectivity index (χ4v) is 3.68. The Morgan fingerprint density at radius 1 is 1.32 bits per heavy atom. The van der Waals surface area contributed by atoms with E-state index in [2.05, 4.69) is 15.5 Å². The standard InChI is InChI=1S/C17H20N4O3S/c1-11-2-6-14(7-3-11)21-10-18-20-17(21)25-9-15(22)19-13-5-4-12(8-13)16(23)24/h2-3,6-7,10,12-13H,4-5,8-9H2,1H3,(H,19,22)(H,23,24)/t12-,13+/m1/s1. The highest BCUT2D eigenvalue weighted by Crippen LogP contribution is 2.26. The van der Waals surface area contributed by atoms with Gasteiger partial charge in [0.25, 0.3) is 0 Å². The molecule has 1 heterocycles. The number of aliphatic carboxylic acids is 1. The van der Waals surface area contributed by atoms with Crippen molar-refractivity contribution in [2.45, 2.75) is 37.4 Å². The minimum absolute atomic E-state index is 0.0517. The summed E-state index contributed by atoms with van der Waals surface area (Å²) in [6.07, 6.45) is 3.46. The van der Waals surface area contributed by atoms with E-state index in [1.54, 1.807) is 6.33 Å². The van der Waals surface area contributed by atoms with Gasteiger partial charge in [-0.2, -0.15) is 0 Å². The molecule has 2 N–H and O–H groups in total. The van der Waals surface area contributed by atoms with Crippen molar-refractivity contribution in [1.29, 1.82) is 0 Å². The number of nitrogens with zero attached hydrogens (tertiary/aromatic N) is 3. The molecule has 1 fully saturated rings. The second kappa shape index (κ2) is 7.69. The number of carboxylic acids is 1. The van der Waals surface area contributed by atoms with Gasteiger partial charge < -0.3 is 10.4 Å². The Morgan fingerprint density at radius 3 is 2.76 bits per heavy atom. The second-order valence-corrected chi connectivity index (χ2v) is 7.16. The Morgan fingerprint density at radius 2 is 2.08 bits per heavy atom. The van der Waals surface area contributed by atoms with E-state index in [-0.39, 0.29) is 23.6 Å². The smallest absolute Gasteiger partial charge is 0.306 e. The zero-order valence-corrected chi connectivity index (χ0v) is 14.7. The summed E-state index contributed by atoms with van der Waals surface area (Å²) < 4.78 is 1.84. The summed E-state index contributed by atoms with van der Waals surface area (Å²) in [5.74, 6) is -1.02. The Kier molecular flexibility index (Phi) is 5.37. The highest BCUT2D eigenvalue weighted by molar-refractivity contribution is 7.99. The van der Waals surface area contributed by atoms with Crippen LogP contribution in [0.4, 0.5) is 0 Å². The van der Waals surface area contributed by atoms with Crippen LogP contribution in [0.3, 0.4) is 0 Å². The minimum atomic E-state index is -0.780. The van der Waals surface area contributed by atoms with Crippen LogP contribution in [0.15, 0.2) is 35.7 Å². The zero-order valence-electron chi connectivity index (χ0n) is 13.9. The molecular weight excluding hydrogens is 340 g/mol. The molecule has 0 spiro atoms. The lowest BCUT2D eigenvalue weighted by Gasteiger charge is -2.12. The van der Waals surface area contributed by atoms with Crippen molar-refractivity contribution in [3.63, 3.8) is 0 Å². The Balaban J connectivity index is 1.54. The van der Waals surface area contributed by atoms with Crippen molar-refractivity contribution >= 4 is 23.6 Å². The molecule has 0 radical (unpaired) electrons. The number of hydrogen-bond donors (Lipinski definition) is 2. The predicted octanol–water partition coefficient (Wildman–Crippen LogP) is 2.04. The van der Waals surface area contributed by atoms with Gasteiger partial charge in [-0.1, -0.05) is 29.5 Å². The van der Waals surface area contributed by atoms with Crippen LogP contribution < -0.4 is 5.32 Å². The van der Waals surface area contributed by atoms with Gasteiger partial charge in [-0.05, 0) is 38.3 Å². The Labute approximate surface area is 149 Å². The number of rotatable bonds is 6. The number of amides is 1. The Bertz CT molecular complexity index is 760. The second-order valence-electron chi connectivity index (χ2n) is 6.22. The lowest BCUT2D eigenvalue weighted by Crippen LogP contribution is -2.34. The van der Waals surface area contributed by atoms with Crippen LogP contribution in [-0.2, 0) is 9.59 Å². The van der Waals surface area contributed by atoms with Gasteiger partial charge >= 0.3 is 5.97 Å². The molecule has 3 rings (SSSR count). The molecule has 0 aliphatic heterocycles. The lowest BCUT2D eigenvalue weighted by molar-refractivity contribution is -0.141. The number of thioether (sulfide) groups is 1. The Hall–Kier alpha value is -2.35. The summed E-state index contributed by atoms with van der Waals surface area (Å²) in [6.45, 7) is 2.02. The van der Waals surface area contributed by atoms with Gasteiger partial charge in [0.05, 0.1) is 11.7 Å². The first-order valence-electron chi connectivity index (χ1n) is 8.15. The third-order valence-corrected chi connectivity index (χ3v) is 5.25. The van der Waals surface area contributed by atoms with E-state index in [1.165, 1.54) is 17.3 Å². The predicted molar refractivity (Wildman–Crippen MR) is 93.7 cm³/mol. The van der Waals surface area contributed by atoms with Gasteiger partial charge in [-0.25, -0.2) is 0 Å². The molecule has 7 nitrogen and oxygen atoms in total. The highest BCUT2D eigenvalue weighted by Gasteiger charge is 2.30. The molecule has 2 aromatic rings. The molecule has 1 saturated carbocycles. The number of carboxylic acid groups (broad SMARTS) is 1. The summed E-state index contributed by atoms with van der Waals surface area (Å²) in [4.78, 5) is 23.1. The van der Waals surface area contributed by atoms with E-state index >= 15 is 0 Å². The molecule has 0 bridgehead atoms. The summed E-state index contributed by atoms with van der Waals surface area (Å²) in [6, 6.07) is 7.93. The van der Waals surface area contributed by atoms with Crippen LogP contribution in [0.25, 0.3) is 5.69 Å². The van der Waals surface area contributed by atoms with Gasteiger partial charge in [0, 0.05) is 11.7 Å². The molecule has 1 aromatic carbocycles. The summed E-state index contributed by atoms with van der Waals surface area (Å²) in [5, 5.41) is 20.6. The SMILES string of the molecule is Cc1ccc(-n2cnnc2SCC(=O)N[C@H]2CC[C@@H](C(=O)O)C2)cc1. The first-order valence-corrected chi connectivity index (χ1v) is 9.13. The van der Waals surface area contributed by atoms with Gasteiger partial charge in [-0.15, -0.1) is 10.2 Å². The van der Waals surface area contributed by atoms with Gasteiger partial charge in [0.2, 0.25) is 5.91 Å². The third kappa shape index (κ3) is 4.39. The van der Waals surface area contributed by atoms with Crippen molar-refractivity contribution < 1.29 is 14.7 Å². The number of aryl methyl sites for hydroxylation is 1. The fourth-order valence-electron chi connectivity index (χ4n) is 2.94. The molecule has 1 aliphatic carbocycles. The molecule has 0 saturated heterocycles. The average Bonchev–Trinajstić information content (AvgIpc) is 3.23. The lowest BCUT2D eigenvalue weighted by atomic mass is 10.1. The first-order chi connectivity index (χ1) is 12.0. The molecule has 8 heteroatoms. The minimum Gasteiger partial charge on any atom is -0.481 e. The van der Waals surface area contributed by atoms with Gasteiger partial charge in [0.15, 0.2) is 5.16 Å². The van der Waals surface area contributed by atoms with Gasteiger partial charge in [0.1, 0.15) is 6.33 Å². The quantitative estimate of drug-likeness (QED) is 0.765. The van der Waals surface area contributed by atoms with Crippen LogP contribution in [0.5, 0.6) is 0 Å². The molecule has 1 aromatic heterocycles. The summed E-state index contributed by atoms with van der Waals surface area (Å²) in [7, 11) is 0. The maximum Gasteiger partial charge on any atom is 0.306 e. The van der Waals surface area contributed by atoms with Crippen molar-refractivity contribution in [2.75, 3.05) is 5.75 Å². The maximum atomic E-state index is 12.1. The van der Waals surface area contributed by atoms with Crippen molar-refractivity contribution in [3.05, 3.63) is 36.2 Å². The third-order valence-electron chi connectivity index (χ3n) is 4.31. The average molecular weight is 360 g/mol. The van der Waals surface area contributed by atoms with Crippen LogP contribution in [0.1, 0.15) is 24.8 Å². The van der Waals surface area contributed by atoms with Crippen molar-refractivity contribution in [1.82, 2.24) is 20.1 Å². The number of aromatic nitrogens is 3. The topological polar surface area (TPSA) is 97.1 Å². The summed E-state index contributed by atoms with van der Waals surface area (Å²) in [5.41, 5.74) is 2.11. The summed E-state index contributed by atoms with van der Waals surface area (Å²) >= 11 is 1.31. The van der Waals surface area contributed by atoms with E-state index in [4.69, 9.17) is 5.11 Å². The zero-order chi connectivity index (χ0) is 17.8. The molecule has 0 unspecified atom stereocenters. The fraction of sp³-hybridized carbons (Fsp3) is 0.412. The van der Waals surface area contributed by atoms with Crippen LogP contribution >= 0.6 is 11.8 Å². The number of nitrogens with one attached hydrogen (secondary N) is 1. The first kappa shape index (κ1) is 17.5. The van der Waals surface area contributed by atoms with Crippen molar-refractivity contribution in [3.8, 4) is 5.69 Å². The molecule has 1 aliphatic rings. The molecule has 2 atom stereocenters. The molecule has 25 heavy (non-hydrogen) atoms. The highest BCUT2D eigenvalue weighted by atomic mass is 32.2. The van der Waals surface area contributed by atoms with E-state index in [9.17, 15) is 9.59 Å². The van der Waals surface area contributed by atoms with Crippen LogP contribution in [0, 0.1) is 12.8 Å². The maximum absolute atomic E-state index is 12.1. The number of carbonyl (C=O) groups excluding carboxylic acids is 1. The van der Waals surface area contributed by atoms with E-state index in [0.29, 0.717) is 24.4 Å². The van der Waals surface area contributed by atoms with E-state index < -0.39 is 5.97 Å². The number of carbonyl (C=O) groups is 2. The molecule has 1 amide bonds. The van der Waals surface area contributed by atoms with Gasteiger partial charge in [-0.3, -0.25) is 14.2 Å². The van der Waals surface area contributed by atoms with Crippen LogP contribution in [-0.4, -0.2) is 43.5 Å². The molecule has 132 valence electrons. The number of hydrogen-bond acceptors (Lipinski definition) is 5. The monoisotopic (exact) mass is 360 g/mol. The van der Waals surface area contributed by atoms with E-state index in [0.717, 1.165) is 5.69 Å². The van der Waals surface area contributed by atoms with Crippen molar-refractivity contribution in [2.24, 2.45) is 5.92 Å². The van der Waals surface area contributed by atoms with E-state index in [1.807, 2.05) is 35.8 Å². The normalized spacial score (nSPS) is 19.7. The number of benzene rings is 1. The molecular formula is C17H20N4O3S. The largest absolute Gasteiger partial charge is 0.481 e. The van der Waals surface area contributed by atoms with Crippen LogP contribution in [0.2, 0.25) is 0 Å².